The minimum absolute atomic E-state index is 0.0312. The maximum absolute atomic E-state index is 12.8. The second-order valence-corrected chi connectivity index (χ2v) is 4.26. The molecule has 13 heavy (non-hydrogen) atoms. The predicted molar refractivity (Wildman–Crippen MR) is 52.4 cm³/mol. The topological polar surface area (TPSA) is 17.1 Å². The van der Waals surface area contributed by atoms with Crippen molar-refractivity contribution in [3.8, 4) is 0 Å². The summed E-state index contributed by atoms with van der Waals surface area (Å²) in [6.45, 7) is 0. The molecule has 1 nitrogen and oxygen atoms in total. The molecule has 0 radical (unpaired) electrons. The van der Waals surface area contributed by atoms with Crippen molar-refractivity contribution >= 4 is 38.1 Å². The number of halogens is 4. The standard InChI is InChI=1S/C8H4Br2F2O/c9-6-1-2-7(8(10,11)12)5(3-6)4-13/h1-4H. The smallest absolute Gasteiger partial charge is 0.298 e. The summed E-state index contributed by atoms with van der Waals surface area (Å²) in [5.41, 5.74) is -0.359. The lowest BCUT2D eigenvalue weighted by atomic mass is 10.1. The number of carbonyl (C=O) groups excluding carboxylic acids is 1. The minimum Gasteiger partial charge on any atom is -0.298 e. The van der Waals surface area contributed by atoms with Gasteiger partial charge in [0, 0.05) is 15.6 Å². The molecule has 0 amide bonds. The number of rotatable bonds is 2. The van der Waals surface area contributed by atoms with Gasteiger partial charge in [-0.1, -0.05) is 22.0 Å². The highest BCUT2D eigenvalue weighted by Gasteiger charge is 2.29. The Kier molecular flexibility index (Phi) is 3.18. The number of aldehydes is 1. The number of hydrogen-bond donors (Lipinski definition) is 0. The SMILES string of the molecule is O=Cc1cc(Br)ccc1C(F)(F)Br. The molecule has 0 N–H and O–H groups in total. The normalized spacial score (nSPS) is 11.4. The third-order valence-corrected chi connectivity index (χ3v) is 2.37. The molecule has 0 unspecified atom stereocenters. The van der Waals surface area contributed by atoms with Gasteiger partial charge in [0.05, 0.1) is 0 Å². The molecule has 70 valence electrons. The molecule has 0 bridgehead atoms. The van der Waals surface area contributed by atoms with Gasteiger partial charge in [-0.2, -0.15) is 8.78 Å². The summed E-state index contributed by atoms with van der Waals surface area (Å²) >= 11 is 5.28. The lowest BCUT2D eigenvalue weighted by molar-refractivity contribution is 0.105. The van der Waals surface area contributed by atoms with E-state index < -0.39 is 4.83 Å². The van der Waals surface area contributed by atoms with Crippen LogP contribution in [0.15, 0.2) is 22.7 Å². The van der Waals surface area contributed by atoms with Gasteiger partial charge in [0.25, 0.3) is 0 Å². The molecule has 0 aliphatic rings. The van der Waals surface area contributed by atoms with Crippen LogP contribution in [0.3, 0.4) is 0 Å². The monoisotopic (exact) mass is 312 g/mol. The lowest BCUT2D eigenvalue weighted by Crippen LogP contribution is -2.06. The zero-order chi connectivity index (χ0) is 10.1. The highest BCUT2D eigenvalue weighted by Crippen LogP contribution is 2.36. The van der Waals surface area contributed by atoms with Gasteiger partial charge < -0.3 is 0 Å². The molecule has 5 heteroatoms. The van der Waals surface area contributed by atoms with E-state index in [1.165, 1.54) is 18.2 Å². The van der Waals surface area contributed by atoms with E-state index in [9.17, 15) is 13.6 Å². The second-order valence-electron chi connectivity index (χ2n) is 2.35. The van der Waals surface area contributed by atoms with E-state index in [1.54, 1.807) is 0 Å². The van der Waals surface area contributed by atoms with Crippen LogP contribution < -0.4 is 0 Å². The number of alkyl halides is 3. The van der Waals surface area contributed by atoms with Gasteiger partial charge >= 0.3 is 4.83 Å². The van der Waals surface area contributed by atoms with Gasteiger partial charge in [0.2, 0.25) is 0 Å². The van der Waals surface area contributed by atoms with E-state index >= 15 is 0 Å². The zero-order valence-corrected chi connectivity index (χ0v) is 9.40. The zero-order valence-electron chi connectivity index (χ0n) is 6.23. The van der Waals surface area contributed by atoms with Crippen LogP contribution >= 0.6 is 31.9 Å². The van der Waals surface area contributed by atoms with Crippen LogP contribution in [-0.2, 0) is 4.83 Å². The van der Waals surface area contributed by atoms with Crippen molar-refractivity contribution in [1.82, 2.24) is 0 Å². The first-order valence-corrected chi connectivity index (χ1v) is 4.85. The third kappa shape index (κ3) is 2.57. The van der Waals surface area contributed by atoms with Crippen molar-refractivity contribution in [2.75, 3.05) is 0 Å². The molecule has 1 aromatic rings. The molecule has 0 spiro atoms. The fraction of sp³-hybridized carbons (Fsp3) is 0.125. The number of benzene rings is 1. The molecule has 0 saturated carbocycles. The fourth-order valence-electron chi connectivity index (χ4n) is 0.889. The number of carbonyl (C=O) groups is 1. The van der Waals surface area contributed by atoms with Gasteiger partial charge in [-0.25, -0.2) is 0 Å². The van der Waals surface area contributed by atoms with Crippen LogP contribution in [0.25, 0.3) is 0 Å². The largest absolute Gasteiger partial charge is 0.327 e. The molecule has 1 rings (SSSR count). The Labute approximate surface area is 90.4 Å². The van der Waals surface area contributed by atoms with Crippen LogP contribution in [0.4, 0.5) is 8.78 Å². The van der Waals surface area contributed by atoms with Crippen molar-refractivity contribution in [3.05, 3.63) is 33.8 Å². The first kappa shape index (κ1) is 10.8. The van der Waals surface area contributed by atoms with E-state index in [-0.39, 0.29) is 11.1 Å². The summed E-state index contributed by atoms with van der Waals surface area (Å²) < 4.78 is 26.1. The van der Waals surface area contributed by atoms with Gasteiger partial charge in [0.15, 0.2) is 6.29 Å². The van der Waals surface area contributed by atoms with Crippen molar-refractivity contribution < 1.29 is 13.6 Å². The van der Waals surface area contributed by atoms with Crippen LogP contribution in [-0.4, -0.2) is 6.29 Å². The minimum atomic E-state index is -3.16. The molecule has 0 atom stereocenters. The van der Waals surface area contributed by atoms with Crippen LogP contribution in [0, 0.1) is 0 Å². The average molecular weight is 314 g/mol. The maximum atomic E-state index is 12.8. The molecule has 0 aromatic heterocycles. The van der Waals surface area contributed by atoms with E-state index in [0.29, 0.717) is 10.8 Å². The maximum Gasteiger partial charge on any atom is 0.327 e. The molecule has 0 aliphatic heterocycles. The first-order chi connectivity index (χ1) is 5.95. The summed E-state index contributed by atoms with van der Waals surface area (Å²) in [6.07, 6.45) is 0.398. The summed E-state index contributed by atoms with van der Waals surface area (Å²) in [7, 11) is 0. The number of hydrogen-bond acceptors (Lipinski definition) is 1. The van der Waals surface area contributed by atoms with Crippen molar-refractivity contribution in [2.45, 2.75) is 4.83 Å². The van der Waals surface area contributed by atoms with E-state index in [4.69, 9.17) is 0 Å². The Hall–Kier alpha value is -0.290. The first-order valence-electron chi connectivity index (χ1n) is 3.27. The Morgan fingerprint density at radius 1 is 1.38 bits per heavy atom. The predicted octanol–water partition coefficient (Wildman–Crippen LogP) is 3.71. The van der Waals surface area contributed by atoms with Crippen molar-refractivity contribution in [3.63, 3.8) is 0 Å². The van der Waals surface area contributed by atoms with Gasteiger partial charge in [-0.3, -0.25) is 4.79 Å². The fourth-order valence-corrected chi connectivity index (χ4v) is 1.63. The Balaban J connectivity index is 3.29. The average Bonchev–Trinajstić information content (AvgIpc) is 2.01. The molecular formula is C8H4Br2F2O. The van der Waals surface area contributed by atoms with E-state index in [1.807, 2.05) is 0 Å². The summed E-state index contributed by atoms with van der Waals surface area (Å²) in [4.78, 5) is 7.29. The molecule has 0 fully saturated rings. The van der Waals surface area contributed by atoms with Crippen molar-refractivity contribution in [1.29, 1.82) is 0 Å². The summed E-state index contributed by atoms with van der Waals surface area (Å²) in [5, 5.41) is 0. The summed E-state index contributed by atoms with van der Waals surface area (Å²) in [6, 6.07) is 4.00. The lowest BCUT2D eigenvalue weighted by Gasteiger charge is -2.10. The van der Waals surface area contributed by atoms with Crippen LogP contribution in [0.2, 0.25) is 0 Å². The van der Waals surface area contributed by atoms with Gasteiger partial charge in [0.1, 0.15) is 0 Å². The van der Waals surface area contributed by atoms with Gasteiger partial charge in [-0.15, -0.1) is 0 Å². The van der Waals surface area contributed by atoms with E-state index in [0.717, 1.165) is 0 Å². The molecule has 0 aliphatic carbocycles. The summed E-state index contributed by atoms with van der Waals surface area (Å²) in [5.74, 6) is 0. The second kappa shape index (κ2) is 3.84. The van der Waals surface area contributed by atoms with Crippen LogP contribution in [0.1, 0.15) is 15.9 Å². The highest BCUT2D eigenvalue weighted by atomic mass is 79.9. The molecule has 0 heterocycles. The highest BCUT2D eigenvalue weighted by molar-refractivity contribution is 9.10. The molecular weight excluding hydrogens is 310 g/mol. The van der Waals surface area contributed by atoms with Gasteiger partial charge in [-0.05, 0) is 28.1 Å². The van der Waals surface area contributed by atoms with Crippen molar-refractivity contribution in [2.24, 2.45) is 0 Å². The Morgan fingerprint density at radius 2 is 2.00 bits per heavy atom. The quantitative estimate of drug-likeness (QED) is 0.601. The van der Waals surface area contributed by atoms with E-state index in [2.05, 4.69) is 31.9 Å². The third-order valence-electron chi connectivity index (χ3n) is 1.45. The molecule has 1 aromatic carbocycles. The Bertz CT molecular complexity index is 333. The Morgan fingerprint density at radius 3 is 2.46 bits per heavy atom. The van der Waals surface area contributed by atoms with Crippen LogP contribution in [0.5, 0.6) is 0 Å². The molecule has 0 saturated heterocycles.